The Kier molecular flexibility index (Phi) is 5.32. The van der Waals surface area contributed by atoms with E-state index in [1.54, 1.807) is 0 Å². The topological polar surface area (TPSA) is 0 Å². The third kappa shape index (κ3) is 3.72. The van der Waals surface area contributed by atoms with Crippen LogP contribution in [0.25, 0.3) is 12.2 Å². The number of hydrogen-bond donors (Lipinski definition) is 0. The minimum absolute atomic E-state index is 0.362. The van der Waals surface area contributed by atoms with Crippen LogP contribution in [0.2, 0.25) is 0 Å². The van der Waals surface area contributed by atoms with Crippen LogP contribution in [-0.4, -0.2) is 0 Å². The van der Waals surface area contributed by atoms with Gasteiger partial charge in [-0.1, -0.05) is 84.4 Å². The van der Waals surface area contributed by atoms with Crippen molar-refractivity contribution in [1.29, 1.82) is 0 Å². The van der Waals surface area contributed by atoms with Gasteiger partial charge in [0.25, 0.3) is 0 Å². The second kappa shape index (κ2) is 6.86. The number of hydrogen-bond acceptors (Lipinski definition) is 0. The molecule has 1 aliphatic carbocycles. The van der Waals surface area contributed by atoms with Crippen molar-refractivity contribution >= 4 is 12.2 Å². The van der Waals surface area contributed by atoms with Gasteiger partial charge >= 0.3 is 0 Å². The van der Waals surface area contributed by atoms with Gasteiger partial charge in [-0.15, -0.1) is 0 Å². The van der Waals surface area contributed by atoms with Crippen molar-refractivity contribution in [3.63, 3.8) is 0 Å². The van der Waals surface area contributed by atoms with Gasteiger partial charge < -0.3 is 0 Å². The van der Waals surface area contributed by atoms with E-state index in [0.29, 0.717) is 17.3 Å². The molecule has 2 atom stereocenters. The molecule has 1 aliphatic rings. The Hall–Kier alpha value is -1.30. The molecule has 1 aromatic rings. The molecule has 2 unspecified atom stereocenters. The molecule has 0 fully saturated rings. The average Bonchev–Trinajstić information content (AvgIpc) is 2.69. The normalized spacial score (nSPS) is 18.9. The Morgan fingerprint density at radius 1 is 1.05 bits per heavy atom. The van der Waals surface area contributed by atoms with E-state index >= 15 is 0 Å². The molecule has 0 aliphatic heterocycles. The van der Waals surface area contributed by atoms with E-state index in [9.17, 15) is 0 Å². The highest BCUT2D eigenvalue weighted by atomic mass is 14.3. The lowest BCUT2D eigenvalue weighted by Gasteiger charge is -2.25. The van der Waals surface area contributed by atoms with E-state index in [1.807, 2.05) is 0 Å². The van der Waals surface area contributed by atoms with Crippen LogP contribution in [0.1, 0.15) is 82.6 Å². The van der Waals surface area contributed by atoms with Crippen molar-refractivity contribution in [2.45, 2.75) is 66.7 Å². The van der Waals surface area contributed by atoms with Crippen LogP contribution in [0.15, 0.2) is 24.3 Å². The zero-order chi connectivity index (χ0) is 16.3. The van der Waals surface area contributed by atoms with Crippen molar-refractivity contribution in [1.82, 2.24) is 0 Å². The van der Waals surface area contributed by atoms with Crippen molar-refractivity contribution in [2.24, 2.45) is 11.3 Å². The highest BCUT2D eigenvalue weighted by molar-refractivity contribution is 5.73. The fraction of sp³-hybridized carbons (Fsp3) is 0.545. The molecule has 0 amide bonds. The largest absolute Gasteiger partial charge is 0.0773 e. The first-order valence-corrected chi connectivity index (χ1v) is 8.90. The van der Waals surface area contributed by atoms with Gasteiger partial charge in [0.2, 0.25) is 0 Å². The van der Waals surface area contributed by atoms with Gasteiger partial charge in [-0.05, 0) is 52.3 Å². The maximum Gasteiger partial charge on any atom is -0.00752 e. The Bertz CT molecular complexity index is 572. The molecule has 0 spiro atoms. The molecule has 0 saturated carbocycles. The number of fused-ring (bicyclic) bond motifs is 1. The molecule has 0 heteroatoms. The van der Waals surface area contributed by atoms with Crippen LogP contribution in [-0.2, 0) is 6.42 Å². The summed E-state index contributed by atoms with van der Waals surface area (Å²) in [6.07, 6.45) is 13.0. The SMILES string of the molecule is CCC(C)c1ccc(CC(C)(C)CC)c2c1C=CC(C)C=C2. The van der Waals surface area contributed by atoms with E-state index in [0.717, 1.165) is 6.42 Å². The summed E-state index contributed by atoms with van der Waals surface area (Å²) in [6, 6.07) is 4.76. The van der Waals surface area contributed by atoms with Crippen molar-refractivity contribution in [3.8, 4) is 0 Å². The molecular weight excluding hydrogens is 264 g/mol. The molecular formula is C22H32. The summed E-state index contributed by atoms with van der Waals surface area (Å²) in [5.41, 5.74) is 6.29. The highest BCUT2D eigenvalue weighted by Gasteiger charge is 2.21. The molecule has 120 valence electrons. The number of allylic oxidation sites excluding steroid dienone is 2. The molecule has 2 rings (SSSR count). The van der Waals surface area contributed by atoms with E-state index in [2.05, 4.69) is 78.0 Å². The smallest absolute Gasteiger partial charge is 0.00752 e. The Morgan fingerprint density at radius 3 is 2.27 bits per heavy atom. The minimum Gasteiger partial charge on any atom is -0.0773 e. The summed E-state index contributed by atoms with van der Waals surface area (Å²) in [7, 11) is 0. The maximum absolute atomic E-state index is 2.38. The summed E-state index contributed by atoms with van der Waals surface area (Å²) in [5, 5.41) is 0. The van der Waals surface area contributed by atoms with E-state index in [-0.39, 0.29) is 0 Å². The van der Waals surface area contributed by atoms with Crippen LogP contribution >= 0.6 is 0 Å². The maximum atomic E-state index is 2.38. The standard InChI is InChI=1S/C22H32/c1-7-17(4)19-14-11-18(15-22(5,6)8-2)20-12-9-16(3)10-13-21(19)20/h9-14,16-17H,7-8,15H2,1-6H3. The highest BCUT2D eigenvalue weighted by Crippen LogP contribution is 2.35. The Balaban J connectivity index is 2.56. The summed E-state index contributed by atoms with van der Waals surface area (Å²) in [5.74, 6) is 1.14. The molecule has 0 N–H and O–H groups in total. The molecule has 0 aromatic heterocycles. The van der Waals surface area contributed by atoms with Crippen LogP contribution in [0, 0.1) is 11.3 Å². The number of rotatable bonds is 5. The summed E-state index contributed by atoms with van der Waals surface area (Å²) in [4.78, 5) is 0. The Labute approximate surface area is 137 Å². The first-order chi connectivity index (χ1) is 10.4. The van der Waals surface area contributed by atoms with Crippen LogP contribution < -0.4 is 0 Å². The van der Waals surface area contributed by atoms with Gasteiger partial charge in [-0.3, -0.25) is 0 Å². The van der Waals surface area contributed by atoms with Gasteiger partial charge in [0.05, 0.1) is 0 Å². The third-order valence-corrected chi connectivity index (χ3v) is 5.31. The predicted molar refractivity (Wildman–Crippen MR) is 100 cm³/mol. The summed E-state index contributed by atoms with van der Waals surface area (Å²) >= 11 is 0. The van der Waals surface area contributed by atoms with Crippen molar-refractivity contribution in [2.75, 3.05) is 0 Å². The van der Waals surface area contributed by atoms with Crippen LogP contribution in [0.4, 0.5) is 0 Å². The fourth-order valence-electron chi connectivity index (χ4n) is 3.09. The molecule has 0 bridgehead atoms. The molecule has 0 radical (unpaired) electrons. The summed E-state index contributed by atoms with van der Waals surface area (Å²) in [6.45, 7) is 13.9. The van der Waals surface area contributed by atoms with Crippen molar-refractivity contribution in [3.05, 3.63) is 46.5 Å². The van der Waals surface area contributed by atoms with Crippen LogP contribution in [0.5, 0.6) is 0 Å². The lowest BCUT2D eigenvalue weighted by atomic mass is 9.79. The fourth-order valence-corrected chi connectivity index (χ4v) is 3.09. The number of benzene rings is 1. The summed E-state index contributed by atoms with van der Waals surface area (Å²) < 4.78 is 0. The molecule has 0 heterocycles. The van der Waals surface area contributed by atoms with Gasteiger partial charge in [0, 0.05) is 0 Å². The molecule has 0 nitrogen and oxygen atoms in total. The first-order valence-electron chi connectivity index (χ1n) is 8.90. The second-order valence-electron chi connectivity index (χ2n) is 7.72. The van der Waals surface area contributed by atoms with Gasteiger partial charge in [-0.25, -0.2) is 0 Å². The van der Waals surface area contributed by atoms with Crippen LogP contribution in [0.3, 0.4) is 0 Å². The zero-order valence-corrected chi connectivity index (χ0v) is 15.2. The minimum atomic E-state index is 0.362. The second-order valence-corrected chi connectivity index (χ2v) is 7.72. The quantitative estimate of drug-likeness (QED) is 0.557. The first kappa shape index (κ1) is 17.1. The molecule has 0 saturated heterocycles. The zero-order valence-electron chi connectivity index (χ0n) is 15.2. The lowest BCUT2D eigenvalue weighted by Crippen LogP contribution is -2.15. The van der Waals surface area contributed by atoms with E-state index < -0.39 is 0 Å². The molecule has 1 aromatic carbocycles. The lowest BCUT2D eigenvalue weighted by molar-refractivity contribution is 0.349. The van der Waals surface area contributed by atoms with Gasteiger partial charge in [-0.2, -0.15) is 0 Å². The van der Waals surface area contributed by atoms with Gasteiger partial charge in [0.15, 0.2) is 0 Å². The van der Waals surface area contributed by atoms with E-state index in [4.69, 9.17) is 0 Å². The van der Waals surface area contributed by atoms with E-state index in [1.165, 1.54) is 35.1 Å². The monoisotopic (exact) mass is 296 g/mol. The third-order valence-electron chi connectivity index (χ3n) is 5.31. The van der Waals surface area contributed by atoms with Gasteiger partial charge in [0.1, 0.15) is 0 Å². The average molecular weight is 296 g/mol. The Morgan fingerprint density at radius 2 is 1.68 bits per heavy atom. The predicted octanol–water partition coefficient (Wildman–Crippen LogP) is 6.85. The van der Waals surface area contributed by atoms with Crippen molar-refractivity contribution < 1.29 is 0 Å². The molecule has 22 heavy (non-hydrogen) atoms.